The summed E-state index contributed by atoms with van der Waals surface area (Å²) in [5.74, 6) is 2.50. The van der Waals surface area contributed by atoms with Crippen LogP contribution in [0.3, 0.4) is 0 Å². The second-order valence-corrected chi connectivity index (χ2v) is 6.30. The molecule has 118 valence electrons. The van der Waals surface area contributed by atoms with Crippen LogP contribution in [0.25, 0.3) is 0 Å². The Morgan fingerprint density at radius 2 is 2.00 bits per heavy atom. The van der Waals surface area contributed by atoms with E-state index in [4.69, 9.17) is 4.74 Å². The number of hydrogen-bond acceptors (Lipinski definition) is 4. The lowest BCUT2D eigenvalue weighted by atomic mass is 9.97. The lowest BCUT2D eigenvalue weighted by molar-refractivity contribution is 0.0938. The standard InChI is InChI=1S/C18H19N3O2/c22-18(15-9-19-17(20-10-15)13-5-6-13)21-8-12-7-14-3-1-2-4-16(14)23-11-12/h1-4,9-10,12-13H,5-8,11H2,(H,21,22)/t12-/m1/s1. The first-order valence-electron chi connectivity index (χ1n) is 8.10. The second kappa shape index (κ2) is 5.99. The molecule has 1 aromatic heterocycles. The van der Waals surface area contributed by atoms with Crippen molar-refractivity contribution in [2.45, 2.75) is 25.2 Å². The van der Waals surface area contributed by atoms with Crippen LogP contribution in [0, 0.1) is 5.92 Å². The van der Waals surface area contributed by atoms with E-state index in [-0.39, 0.29) is 5.91 Å². The maximum Gasteiger partial charge on any atom is 0.254 e. The molecule has 2 heterocycles. The first-order valence-corrected chi connectivity index (χ1v) is 8.10. The van der Waals surface area contributed by atoms with Crippen LogP contribution >= 0.6 is 0 Å². The van der Waals surface area contributed by atoms with E-state index in [1.165, 1.54) is 5.56 Å². The monoisotopic (exact) mass is 309 g/mol. The number of benzene rings is 1. The van der Waals surface area contributed by atoms with E-state index in [2.05, 4.69) is 21.4 Å². The number of rotatable bonds is 4. The number of aromatic nitrogens is 2. The number of para-hydroxylation sites is 1. The van der Waals surface area contributed by atoms with E-state index in [0.717, 1.165) is 30.8 Å². The molecule has 1 fully saturated rings. The molecule has 1 N–H and O–H groups in total. The first-order chi connectivity index (χ1) is 11.3. The molecule has 5 heteroatoms. The van der Waals surface area contributed by atoms with Gasteiger partial charge in [0.05, 0.1) is 12.2 Å². The summed E-state index contributed by atoms with van der Waals surface area (Å²) in [6.07, 6.45) is 6.50. The third-order valence-electron chi connectivity index (χ3n) is 4.38. The summed E-state index contributed by atoms with van der Waals surface area (Å²) in [6.45, 7) is 1.23. The van der Waals surface area contributed by atoms with Gasteiger partial charge in [-0.3, -0.25) is 4.79 Å². The van der Waals surface area contributed by atoms with Crippen LogP contribution < -0.4 is 10.1 Å². The fourth-order valence-electron chi connectivity index (χ4n) is 2.87. The molecule has 1 aliphatic carbocycles. The fraction of sp³-hybridized carbons (Fsp3) is 0.389. The van der Waals surface area contributed by atoms with Gasteiger partial charge in [0.2, 0.25) is 0 Å². The van der Waals surface area contributed by atoms with Gasteiger partial charge >= 0.3 is 0 Å². The highest BCUT2D eigenvalue weighted by Crippen LogP contribution is 2.37. The van der Waals surface area contributed by atoms with Gasteiger partial charge in [-0.05, 0) is 30.9 Å². The number of hydrogen-bond donors (Lipinski definition) is 1. The number of ether oxygens (including phenoxy) is 1. The Balaban J connectivity index is 1.33. The molecule has 1 atom stereocenters. The molecule has 0 unspecified atom stereocenters. The third kappa shape index (κ3) is 3.18. The van der Waals surface area contributed by atoms with E-state index in [1.54, 1.807) is 12.4 Å². The molecule has 2 aromatic rings. The van der Waals surface area contributed by atoms with Crippen LogP contribution in [-0.4, -0.2) is 29.0 Å². The third-order valence-corrected chi connectivity index (χ3v) is 4.38. The van der Waals surface area contributed by atoms with Crippen molar-refractivity contribution < 1.29 is 9.53 Å². The SMILES string of the molecule is O=C(NC[C@@H]1COc2ccccc2C1)c1cnc(C2CC2)nc1. The summed E-state index contributed by atoms with van der Waals surface area (Å²) in [4.78, 5) is 20.8. The van der Waals surface area contributed by atoms with Gasteiger partial charge in [-0.15, -0.1) is 0 Å². The average Bonchev–Trinajstić information content (AvgIpc) is 3.45. The van der Waals surface area contributed by atoms with Crippen molar-refractivity contribution in [3.63, 3.8) is 0 Å². The highest BCUT2D eigenvalue weighted by molar-refractivity contribution is 5.93. The molecule has 0 spiro atoms. The Hall–Kier alpha value is -2.43. The van der Waals surface area contributed by atoms with Gasteiger partial charge in [0.25, 0.3) is 5.91 Å². The molecule has 1 amide bonds. The van der Waals surface area contributed by atoms with Crippen LogP contribution in [0.1, 0.15) is 40.5 Å². The summed E-state index contributed by atoms with van der Waals surface area (Å²) in [7, 11) is 0. The zero-order valence-corrected chi connectivity index (χ0v) is 12.9. The largest absolute Gasteiger partial charge is 0.493 e. The number of carbonyl (C=O) groups excluding carboxylic acids is 1. The Morgan fingerprint density at radius 3 is 2.78 bits per heavy atom. The van der Waals surface area contributed by atoms with Gasteiger partial charge < -0.3 is 10.1 Å². The minimum Gasteiger partial charge on any atom is -0.493 e. The number of carbonyl (C=O) groups is 1. The summed E-state index contributed by atoms with van der Waals surface area (Å²) in [5.41, 5.74) is 1.72. The second-order valence-electron chi connectivity index (χ2n) is 6.30. The quantitative estimate of drug-likeness (QED) is 0.941. The van der Waals surface area contributed by atoms with Crippen LogP contribution in [0.4, 0.5) is 0 Å². The van der Waals surface area contributed by atoms with Gasteiger partial charge in [0, 0.05) is 30.8 Å². The molecule has 4 rings (SSSR count). The lowest BCUT2D eigenvalue weighted by Crippen LogP contribution is -2.34. The molecule has 0 saturated heterocycles. The minimum absolute atomic E-state index is 0.119. The Bertz CT molecular complexity index is 710. The van der Waals surface area contributed by atoms with Gasteiger partial charge in [-0.25, -0.2) is 9.97 Å². The maximum atomic E-state index is 12.2. The van der Waals surface area contributed by atoms with Crippen LogP contribution in [0.15, 0.2) is 36.7 Å². The summed E-state index contributed by atoms with van der Waals surface area (Å²) in [6, 6.07) is 8.06. The van der Waals surface area contributed by atoms with Crippen molar-refractivity contribution in [2.24, 2.45) is 5.92 Å². The lowest BCUT2D eigenvalue weighted by Gasteiger charge is -2.25. The number of nitrogens with one attached hydrogen (secondary N) is 1. The van der Waals surface area contributed by atoms with Crippen LogP contribution in [-0.2, 0) is 6.42 Å². The predicted molar refractivity (Wildman–Crippen MR) is 85.5 cm³/mol. The van der Waals surface area contributed by atoms with Crippen molar-refractivity contribution in [3.05, 3.63) is 53.6 Å². The van der Waals surface area contributed by atoms with Crippen molar-refractivity contribution in [3.8, 4) is 5.75 Å². The molecule has 1 saturated carbocycles. The van der Waals surface area contributed by atoms with Gasteiger partial charge in [-0.1, -0.05) is 18.2 Å². The van der Waals surface area contributed by atoms with Crippen LogP contribution in [0.5, 0.6) is 5.75 Å². The summed E-state index contributed by atoms with van der Waals surface area (Å²) >= 11 is 0. The van der Waals surface area contributed by atoms with E-state index in [1.807, 2.05) is 18.2 Å². The molecular formula is C18H19N3O2. The zero-order valence-electron chi connectivity index (χ0n) is 12.9. The van der Waals surface area contributed by atoms with Gasteiger partial charge in [-0.2, -0.15) is 0 Å². The molecule has 1 aliphatic heterocycles. The Labute approximate surface area is 135 Å². The van der Waals surface area contributed by atoms with E-state index < -0.39 is 0 Å². The van der Waals surface area contributed by atoms with E-state index in [9.17, 15) is 4.79 Å². The number of nitrogens with zero attached hydrogens (tertiary/aromatic N) is 2. The van der Waals surface area contributed by atoms with Crippen molar-refractivity contribution in [1.29, 1.82) is 0 Å². The summed E-state index contributed by atoms with van der Waals surface area (Å²) in [5, 5.41) is 2.96. The smallest absolute Gasteiger partial charge is 0.254 e. The van der Waals surface area contributed by atoms with E-state index in [0.29, 0.717) is 30.6 Å². The molecule has 0 radical (unpaired) electrons. The van der Waals surface area contributed by atoms with Crippen molar-refractivity contribution >= 4 is 5.91 Å². The molecule has 23 heavy (non-hydrogen) atoms. The topological polar surface area (TPSA) is 64.1 Å². The van der Waals surface area contributed by atoms with Crippen LogP contribution in [0.2, 0.25) is 0 Å². The van der Waals surface area contributed by atoms with Gasteiger partial charge in [0.15, 0.2) is 0 Å². The van der Waals surface area contributed by atoms with Gasteiger partial charge in [0.1, 0.15) is 11.6 Å². The highest BCUT2D eigenvalue weighted by atomic mass is 16.5. The molecule has 2 aliphatic rings. The molecular weight excluding hydrogens is 290 g/mol. The summed E-state index contributed by atoms with van der Waals surface area (Å²) < 4.78 is 5.75. The molecule has 5 nitrogen and oxygen atoms in total. The maximum absolute atomic E-state index is 12.2. The highest BCUT2D eigenvalue weighted by Gasteiger charge is 2.26. The number of amides is 1. The minimum atomic E-state index is -0.119. The number of fused-ring (bicyclic) bond motifs is 1. The van der Waals surface area contributed by atoms with Crippen molar-refractivity contribution in [1.82, 2.24) is 15.3 Å². The van der Waals surface area contributed by atoms with E-state index >= 15 is 0 Å². The Morgan fingerprint density at radius 1 is 1.22 bits per heavy atom. The zero-order chi connectivity index (χ0) is 15.6. The fourth-order valence-corrected chi connectivity index (χ4v) is 2.87. The normalized spacial score (nSPS) is 19.6. The Kier molecular flexibility index (Phi) is 3.69. The van der Waals surface area contributed by atoms with Crippen molar-refractivity contribution in [2.75, 3.05) is 13.2 Å². The first kappa shape index (κ1) is 14.2. The molecule has 0 bridgehead atoms. The predicted octanol–water partition coefficient (Wildman–Crippen LogP) is 2.34. The average molecular weight is 309 g/mol. The molecule has 1 aromatic carbocycles.